The van der Waals surface area contributed by atoms with Gasteiger partial charge in [0.1, 0.15) is 0 Å². The predicted molar refractivity (Wildman–Crippen MR) is 38.4 cm³/mol. The van der Waals surface area contributed by atoms with E-state index in [4.69, 9.17) is 15.0 Å². The van der Waals surface area contributed by atoms with Gasteiger partial charge in [-0.2, -0.15) is 0 Å². The number of carbonyl (C=O) groups is 1. The zero-order valence-corrected chi connectivity index (χ0v) is 7.01. The smallest absolute Gasteiger partial charge is 0.0548 e. The third-order valence-corrected chi connectivity index (χ3v) is 0.908. The lowest BCUT2D eigenvalue weighted by atomic mass is 10.5. The Balaban J connectivity index is 0. The lowest BCUT2D eigenvalue weighted by molar-refractivity contribution is -0.302. The first-order valence-electron chi connectivity index (χ1n) is 2.72. The standard InChI is InChI=1S/C3H9OP.C2H4O2/c4-2-1-3-5;1-2(3)4/h4H,1-3,5H2;1H3,(H,3,4). The van der Waals surface area contributed by atoms with Crippen LogP contribution in [0.4, 0.5) is 0 Å². The Bertz CT molecular complexity index is 59.2. The Morgan fingerprint density at radius 1 is 1.78 bits per heavy atom. The highest BCUT2D eigenvalue weighted by atomic mass is 31.0. The van der Waals surface area contributed by atoms with E-state index >= 15 is 0 Å². The summed E-state index contributed by atoms with van der Waals surface area (Å²) < 4.78 is 0. The third kappa shape index (κ3) is 78.0. The molecular weight excluding hydrogens is 139 g/mol. The zero-order chi connectivity index (χ0) is 7.70. The molecule has 0 radical (unpaired) electrons. The summed E-state index contributed by atoms with van der Waals surface area (Å²) >= 11 is 0. The van der Waals surface area contributed by atoms with Crippen LogP contribution in [0.15, 0.2) is 0 Å². The topological polar surface area (TPSA) is 60.4 Å². The van der Waals surface area contributed by atoms with Gasteiger partial charge in [0.15, 0.2) is 0 Å². The van der Waals surface area contributed by atoms with Gasteiger partial charge < -0.3 is 15.0 Å². The molecule has 0 aromatic carbocycles. The summed E-state index contributed by atoms with van der Waals surface area (Å²) in [4.78, 5) is 8.89. The molecule has 9 heavy (non-hydrogen) atoms. The largest absolute Gasteiger partial charge is 0.550 e. The van der Waals surface area contributed by atoms with Gasteiger partial charge >= 0.3 is 0 Å². The fourth-order valence-electron chi connectivity index (χ4n) is 0.112. The van der Waals surface area contributed by atoms with E-state index in [1.54, 1.807) is 0 Å². The number of rotatable bonds is 2. The zero-order valence-electron chi connectivity index (χ0n) is 5.59. The average molecular weight is 152 g/mol. The van der Waals surface area contributed by atoms with Crippen LogP contribution in [-0.4, -0.2) is 23.8 Å². The van der Waals surface area contributed by atoms with Gasteiger partial charge in [0.05, 0.1) is 6.16 Å². The van der Waals surface area contributed by atoms with Crippen molar-refractivity contribution < 1.29 is 15.0 Å². The molecule has 3 nitrogen and oxygen atoms in total. The van der Waals surface area contributed by atoms with Gasteiger partial charge in [-0.05, 0) is 16.2 Å². The molecular formula is C5H13O3P. The van der Waals surface area contributed by atoms with E-state index in [0.717, 1.165) is 19.5 Å². The second-order valence-electron chi connectivity index (χ2n) is 1.42. The molecule has 1 N–H and O–H groups in total. The summed E-state index contributed by atoms with van der Waals surface area (Å²) in [7, 11) is 1.89. The van der Waals surface area contributed by atoms with Crippen molar-refractivity contribution in [3.63, 3.8) is 0 Å². The highest BCUT2D eigenvalue weighted by molar-refractivity contribution is 7.16. The van der Waals surface area contributed by atoms with Gasteiger partial charge in [0.2, 0.25) is 0 Å². The lowest BCUT2D eigenvalue weighted by Gasteiger charge is -1.77. The Kier molecular flexibility index (Phi) is 13.9. The van der Waals surface area contributed by atoms with E-state index in [9.17, 15) is 0 Å². The van der Waals surface area contributed by atoms with E-state index < -0.39 is 5.97 Å². The molecule has 0 aliphatic heterocycles. The maximum atomic E-state index is 8.89. The molecule has 1 atom stereocenters. The van der Waals surface area contributed by atoms with Gasteiger partial charge in [0, 0.05) is 19.0 Å². The number of carboxylic acid groups (broad SMARTS) is 1. The molecule has 56 valence electrons. The Labute approximate surface area is 57.3 Å². The summed E-state index contributed by atoms with van der Waals surface area (Å²) in [6.45, 7) is 1.32. The van der Waals surface area contributed by atoms with E-state index in [-0.39, 0.29) is 0 Å². The number of aliphatic carboxylic acids is 1. The van der Waals surface area contributed by atoms with Crippen LogP contribution in [0.1, 0.15) is 13.3 Å². The highest BCUT2D eigenvalue weighted by Gasteiger charge is 1.73. The molecule has 0 aromatic heterocycles. The van der Waals surface area contributed by atoms with Gasteiger partial charge in [-0.25, -0.2) is 0 Å². The van der Waals surface area contributed by atoms with Crippen LogP contribution in [0.25, 0.3) is 0 Å². The Morgan fingerprint density at radius 3 is 2.11 bits per heavy atom. The molecule has 0 bridgehead atoms. The van der Waals surface area contributed by atoms with Crippen LogP contribution in [0.5, 0.6) is 0 Å². The van der Waals surface area contributed by atoms with Gasteiger partial charge in [0.25, 0.3) is 0 Å². The van der Waals surface area contributed by atoms with Crippen molar-refractivity contribution in [3.05, 3.63) is 0 Å². The molecule has 0 aliphatic rings. The maximum Gasteiger partial charge on any atom is 0.0548 e. The van der Waals surface area contributed by atoms with Crippen LogP contribution in [0.3, 0.4) is 0 Å². The number of hydrogen-bond donors (Lipinski definition) is 1. The summed E-state index contributed by atoms with van der Waals surface area (Å²) in [6, 6.07) is 0. The normalized spacial score (nSPS) is 7.78. The molecule has 0 saturated carbocycles. The number of aliphatic hydroxyl groups is 1. The van der Waals surface area contributed by atoms with E-state index in [1.807, 2.05) is 9.24 Å². The van der Waals surface area contributed by atoms with Gasteiger partial charge in [-0.1, -0.05) is 0 Å². The molecule has 4 heteroatoms. The Hall–Kier alpha value is -0.140. The number of carbonyl (C=O) groups excluding carboxylic acids is 1. The summed E-state index contributed by atoms with van der Waals surface area (Å²) in [6.07, 6.45) is 2.08. The molecule has 0 rings (SSSR count). The first-order chi connectivity index (χ1) is 4.15. The summed E-state index contributed by atoms with van der Waals surface area (Å²) in [5.41, 5.74) is 0. The summed E-state index contributed by atoms with van der Waals surface area (Å²) in [5.74, 6) is -1.08. The van der Waals surface area contributed by atoms with Crippen LogP contribution in [0, 0.1) is 0 Å². The SMILES string of the molecule is CC(=O)[O-].OCCC[PH3+]. The molecule has 1 unspecified atom stereocenters. The molecule has 0 aliphatic carbocycles. The minimum Gasteiger partial charge on any atom is -0.550 e. The van der Waals surface area contributed by atoms with E-state index in [0.29, 0.717) is 6.61 Å². The van der Waals surface area contributed by atoms with Crippen molar-refractivity contribution in [2.45, 2.75) is 13.3 Å². The van der Waals surface area contributed by atoms with Gasteiger partial charge in [-0.15, -0.1) is 0 Å². The van der Waals surface area contributed by atoms with E-state index in [1.165, 1.54) is 0 Å². The maximum absolute atomic E-state index is 8.89. The number of hydrogen-bond acceptors (Lipinski definition) is 3. The molecule has 0 aromatic rings. The molecule has 0 amide bonds. The third-order valence-electron chi connectivity index (χ3n) is 0.408. The lowest BCUT2D eigenvalue weighted by Crippen LogP contribution is -2.16. The van der Waals surface area contributed by atoms with Gasteiger partial charge in [-0.3, -0.25) is 0 Å². The fraction of sp³-hybridized carbons (Fsp3) is 0.800. The highest BCUT2D eigenvalue weighted by Crippen LogP contribution is 1.82. The van der Waals surface area contributed by atoms with Crippen molar-refractivity contribution >= 4 is 15.2 Å². The average Bonchev–Trinajstić information content (AvgIpc) is 1.66. The van der Waals surface area contributed by atoms with Crippen molar-refractivity contribution in [3.8, 4) is 0 Å². The fourth-order valence-corrected chi connectivity index (χ4v) is 0.335. The quantitative estimate of drug-likeness (QED) is 0.502. The Morgan fingerprint density at radius 2 is 2.11 bits per heavy atom. The minimum absolute atomic E-state index is 0.351. The van der Waals surface area contributed by atoms with Crippen molar-refractivity contribution in [2.75, 3.05) is 12.8 Å². The van der Waals surface area contributed by atoms with Crippen molar-refractivity contribution in [1.29, 1.82) is 0 Å². The molecule has 0 fully saturated rings. The predicted octanol–water partition coefficient (Wildman–Crippen LogP) is -1.27. The van der Waals surface area contributed by atoms with Crippen molar-refractivity contribution in [1.82, 2.24) is 0 Å². The van der Waals surface area contributed by atoms with E-state index in [2.05, 4.69) is 0 Å². The first kappa shape index (κ1) is 11.6. The molecule has 0 heterocycles. The molecule has 0 spiro atoms. The number of carboxylic acids is 1. The van der Waals surface area contributed by atoms with Crippen LogP contribution < -0.4 is 5.11 Å². The first-order valence-corrected chi connectivity index (χ1v) is 3.72. The second kappa shape index (κ2) is 10.8. The van der Waals surface area contributed by atoms with Crippen LogP contribution in [0.2, 0.25) is 0 Å². The molecule has 0 saturated heterocycles. The van der Waals surface area contributed by atoms with Crippen molar-refractivity contribution in [2.24, 2.45) is 0 Å². The van der Waals surface area contributed by atoms with Crippen LogP contribution >= 0.6 is 9.24 Å². The summed E-state index contributed by atoms with van der Waals surface area (Å²) in [5, 5.41) is 17.0. The monoisotopic (exact) mass is 152 g/mol. The minimum atomic E-state index is -1.08. The second-order valence-corrected chi connectivity index (χ2v) is 2.13. The van der Waals surface area contributed by atoms with Crippen LogP contribution in [-0.2, 0) is 4.79 Å². The number of aliphatic hydroxyl groups excluding tert-OH is 1.